The molecule has 1 aliphatic heterocycles. The molecule has 0 spiro atoms. The predicted octanol–water partition coefficient (Wildman–Crippen LogP) is 3.89. The molecule has 1 saturated heterocycles. The van der Waals surface area contributed by atoms with E-state index in [0.29, 0.717) is 23.5 Å². The maximum Gasteiger partial charge on any atom is 0.261 e. The fraction of sp³-hybridized carbons (Fsp3) is 0.240. The van der Waals surface area contributed by atoms with Gasteiger partial charge in [-0.25, -0.2) is 12.8 Å². The molecule has 7 nitrogen and oxygen atoms in total. The average Bonchev–Trinajstić information content (AvgIpc) is 3.32. The SMILES string of the molecule is COc1ccc(NS(=O)(=O)c2ccc(C(=O)NCC3CCN(c4ccc(F)cc4)C3)cc2)cc1. The van der Waals surface area contributed by atoms with E-state index in [9.17, 15) is 17.6 Å². The minimum absolute atomic E-state index is 0.0607. The molecule has 9 heteroatoms. The van der Waals surface area contributed by atoms with Crippen molar-refractivity contribution in [3.63, 3.8) is 0 Å². The van der Waals surface area contributed by atoms with Crippen molar-refractivity contribution in [2.75, 3.05) is 36.4 Å². The molecule has 1 aliphatic rings. The Balaban J connectivity index is 1.30. The fourth-order valence-corrected chi connectivity index (χ4v) is 4.94. The van der Waals surface area contributed by atoms with Gasteiger partial charge >= 0.3 is 0 Å². The van der Waals surface area contributed by atoms with Gasteiger partial charge in [-0.2, -0.15) is 0 Å². The van der Waals surface area contributed by atoms with Gasteiger partial charge in [-0.3, -0.25) is 9.52 Å². The van der Waals surface area contributed by atoms with E-state index in [1.165, 1.54) is 43.5 Å². The molecule has 4 rings (SSSR count). The van der Waals surface area contributed by atoms with Gasteiger partial charge in [0.15, 0.2) is 0 Å². The summed E-state index contributed by atoms with van der Waals surface area (Å²) < 4.78 is 46.0. The number of ether oxygens (including phenoxy) is 1. The van der Waals surface area contributed by atoms with Crippen LogP contribution in [0.4, 0.5) is 15.8 Å². The van der Waals surface area contributed by atoms with Crippen LogP contribution in [0.2, 0.25) is 0 Å². The van der Waals surface area contributed by atoms with E-state index in [1.807, 2.05) is 0 Å². The van der Waals surface area contributed by atoms with Gasteiger partial charge in [0.05, 0.1) is 12.0 Å². The van der Waals surface area contributed by atoms with Crippen LogP contribution in [-0.4, -0.2) is 41.1 Å². The highest BCUT2D eigenvalue weighted by Crippen LogP contribution is 2.24. The first kappa shape index (κ1) is 23.6. The summed E-state index contributed by atoms with van der Waals surface area (Å²) in [5.41, 5.74) is 1.76. The summed E-state index contributed by atoms with van der Waals surface area (Å²) in [5.74, 6) is 0.385. The Hall–Kier alpha value is -3.59. The molecule has 34 heavy (non-hydrogen) atoms. The first-order valence-corrected chi connectivity index (χ1v) is 12.4. The highest BCUT2D eigenvalue weighted by molar-refractivity contribution is 7.92. The van der Waals surface area contributed by atoms with Crippen molar-refractivity contribution in [3.8, 4) is 5.75 Å². The average molecular weight is 484 g/mol. The van der Waals surface area contributed by atoms with Crippen molar-refractivity contribution >= 4 is 27.3 Å². The zero-order valence-electron chi connectivity index (χ0n) is 18.7. The Morgan fingerprint density at radius 3 is 2.35 bits per heavy atom. The van der Waals surface area contributed by atoms with E-state index < -0.39 is 10.0 Å². The zero-order valence-corrected chi connectivity index (χ0v) is 19.5. The van der Waals surface area contributed by atoms with Gasteiger partial charge in [-0.05, 0) is 85.1 Å². The molecule has 0 aliphatic carbocycles. The standard InChI is InChI=1S/C25H26FN3O4S/c1-33-23-10-6-21(7-11-23)28-34(31,32)24-12-2-19(3-13-24)25(30)27-16-18-14-15-29(17-18)22-8-4-20(26)5-9-22/h2-13,18,28H,14-17H2,1H3,(H,27,30). The molecule has 2 N–H and O–H groups in total. The molecule has 1 atom stereocenters. The van der Waals surface area contributed by atoms with E-state index >= 15 is 0 Å². The van der Waals surface area contributed by atoms with Gasteiger partial charge < -0.3 is 15.0 Å². The number of amides is 1. The van der Waals surface area contributed by atoms with Crippen LogP contribution in [0, 0.1) is 11.7 Å². The third kappa shape index (κ3) is 5.66. The largest absolute Gasteiger partial charge is 0.497 e. The minimum atomic E-state index is -3.79. The van der Waals surface area contributed by atoms with Crippen molar-refractivity contribution in [3.05, 3.63) is 84.2 Å². The number of nitrogens with one attached hydrogen (secondary N) is 2. The Kier molecular flexibility index (Phi) is 7.02. The fourth-order valence-electron chi connectivity index (χ4n) is 3.88. The summed E-state index contributed by atoms with van der Waals surface area (Å²) in [6.45, 7) is 2.13. The van der Waals surface area contributed by atoms with Gasteiger partial charge in [0, 0.05) is 36.6 Å². The lowest BCUT2D eigenvalue weighted by Crippen LogP contribution is -2.31. The monoisotopic (exact) mass is 483 g/mol. The molecule has 0 aromatic heterocycles. The number of hydrogen-bond acceptors (Lipinski definition) is 5. The van der Waals surface area contributed by atoms with Crippen molar-refractivity contribution in [1.29, 1.82) is 0 Å². The van der Waals surface area contributed by atoms with Crippen LogP contribution in [0.3, 0.4) is 0 Å². The molecule has 1 fully saturated rings. The Labute approximate surface area is 198 Å². The van der Waals surface area contributed by atoms with Gasteiger partial charge in [-0.1, -0.05) is 0 Å². The second-order valence-corrected chi connectivity index (χ2v) is 9.83. The maximum absolute atomic E-state index is 13.1. The van der Waals surface area contributed by atoms with Crippen LogP contribution in [0.5, 0.6) is 5.75 Å². The number of anilines is 2. The summed E-state index contributed by atoms with van der Waals surface area (Å²) in [6, 6.07) is 18.8. The second-order valence-electron chi connectivity index (χ2n) is 8.15. The van der Waals surface area contributed by atoms with Crippen molar-refractivity contribution < 1.29 is 22.3 Å². The number of carbonyl (C=O) groups is 1. The number of sulfonamides is 1. The summed E-state index contributed by atoms with van der Waals surface area (Å²) in [6.07, 6.45) is 0.922. The van der Waals surface area contributed by atoms with Crippen LogP contribution < -0.4 is 19.7 Å². The van der Waals surface area contributed by atoms with Crippen molar-refractivity contribution in [1.82, 2.24) is 5.32 Å². The van der Waals surface area contributed by atoms with E-state index in [0.717, 1.165) is 25.2 Å². The molecule has 178 valence electrons. The minimum Gasteiger partial charge on any atom is -0.497 e. The van der Waals surface area contributed by atoms with E-state index in [1.54, 1.807) is 36.4 Å². The van der Waals surface area contributed by atoms with Gasteiger partial charge in [0.2, 0.25) is 0 Å². The number of halogens is 1. The molecule has 0 bridgehead atoms. The first-order chi connectivity index (χ1) is 16.3. The van der Waals surface area contributed by atoms with E-state index in [-0.39, 0.29) is 22.5 Å². The third-order valence-electron chi connectivity index (χ3n) is 5.80. The highest BCUT2D eigenvalue weighted by atomic mass is 32.2. The lowest BCUT2D eigenvalue weighted by Gasteiger charge is -2.19. The number of carbonyl (C=O) groups excluding carboxylic acids is 1. The number of benzene rings is 3. The van der Waals surface area contributed by atoms with Crippen molar-refractivity contribution in [2.24, 2.45) is 5.92 Å². The van der Waals surface area contributed by atoms with E-state index in [4.69, 9.17) is 4.74 Å². The summed E-state index contributed by atoms with van der Waals surface area (Å²) in [5, 5.41) is 2.93. The third-order valence-corrected chi connectivity index (χ3v) is 7.20. The predicted molar refractivity (Wildman–Crippen MR) is 129 cm³/mol. The quantitative estimate of drug-likeness (QED) is 0.508. The molecular formula is C25H26FN3O4S. The molecule has 1 heterocycles. The topological polar surface area (TPSA) is 87.7 Å². The number of hydrogen-bond donors (Lipinski definition) is 2. The van der Waals surface area contributed by atoms with Crippen molar-refractivity contribution in [2.45, 2.75) is 11.3 Å². The van der Waals surface area contributed by atoms with Crippen LogP contribution in [0.1, 0.15) is 16.8 Å². The summed E-state index contributed by atoms with van der Waals surface area (Å²) in [4.78, 5) is 14.8. The van der Waals surface area contributed by atoms with Gasteiger partial charge in [-0.15, -0.1) is 0 Å². The van der Waals surface area contributed by atoms with Crippen LogP contribution >= 0.6 is 0 Å². The molecular weight excluding hydrogens is 457 g/mol. The molecule has 0 saturated carbocycles. The first-order valence-electron chi connectivity index (χ1n) is 10.9. The second kappa shape index (κ2) is 10.1. The van der Waals surface area contributed by atoms with Crippen LogP contribution in [-0.2, 0) is 10.0 Å². The summed E-state index contributed by atoms with van der Waals surface area (Å²) in [7, 11) is -2.25. The number of rotatable bonds is 8. The lowest BCUT2D eigenvalue weighted by atomic mass is 10.1. The Morgan fingerprint density at radius 1 is 1.03 bits per heavy atom. The maximum atomic E-state index is 13.1. The van der Waals surface area contributed by atoms with Gasteiger partial charge in [0.25, 0.3) is 15.9 Å². The Bertz CT molecular complexity index is 1230. The van der Waals surface area contributed by atoms with Crippen LogP contribution in [0.15, 0.2) is 77.7 Å². The van der Waals surface area contributed by atoms with Gasteiger partial charge in [0.1, 0.15) is 11.6 Å². The van der Waals surface area contributed by atoms with Crippen LogP contribution in [0.25, 0.3) is 0 Å². The molecule has 3 aromatic rings. The lowest BCUT2D eigenvalue weighted by molar-refractivity contribution is 0.0948. The Morgan fingerprint density at radius 2 is 1.71 bits per heavy atom. The molecule has 1 unspecified atom stereocenters. The van der Waals surface area contributed by atoms with E-state index in [2.05, 4.69) is 14.9 Å². The molecule has 1 amide bonds. The number of nitrogens with zero attached hydrogens (tertiary/aromatic N) is 1. The summed E-state index contributed by atoms with van der Waals surface area (Å²) >= 11 is 0. The normalized spacial score (nSPS) is 15.7. The molecule has 3 aromatic carbocycles. The highest BCUT2D eigenvalue weighted by Gasteiger charge is 2.23. The number of methoxy groups -OCH3 is 1. The molecule has 0 radical (unpaired) electrons. The smallest absolute Gasteiger partial charge is 0.261 e. The zero-order chi connectivity index (χ0) is 24.1.